The number of carbonyl (C=O) groups is 1. The molecule has 3 rings (SSSR count). The molecular formula is C27H37FN2O4. The number of nitrogens with zero attached hydrogens (tertiary/aromatic N) is 1. The van der Waals surface area contributed by atoms with E-state index in [2.05, 4.69) is 19.2 Å². The summed E-state index contributed by atoms with van der Waals surface area (Å²) in [7, 11) is 3.41. The molecule has 0 spiro atoms. The van der Waals surface area contributed by atoms with Gasteiger partial charge in [0.1, 0.15) is 18.2 Å². The summed E-state index contributed by atoms with van der Waals surface area (Å²) in [5, 5.41) is 3.00. The number of amides is 2. The Morgan fingerprint density at radius 1 is 1.15 bits per heavy atom. The van der Waals surface area contributed by atoms with Crippen LogP contribution in [0.2, 0.25) is 0 Å². The molecule has 0 atom stereocenters. The first-order chi connectivity index (χ1) is 16.4. The van der Waals surface area contributed by atoms with Gasteiger partial charge in [0, 0.05) is 58.5 Å². The molecule has 2 aromatic carbocycles. The Morgan fingerprint density at radius 2 is 1.82 bits per heavy atom. The van der Waals surface area contributed by atoms with Crippen molar-refractivity contribution in [3.8, 4) is 5.75 Å². The zero-order valence-electron chi connectivity index (χ0n) is 20.7. The second-order valence-corrected chi connectivity index (χ2v) is 8.87. The van der Waals surface area contributed by atoms with Crippen LogP contribution in [0.5, 0.6) is 5.75 Å². The molecule has 186 valence electrons. The fourth-order valence-corrected chi connectivity index (χ4v) is 4.25. The van der Waals surface area contributed by atoms with E-state index >= 15 is 0 Å². The Morgan fingerprint density at radius 3 is 2.44 bits per heavy atom. The maximum Gasteiger partial charge on any atom is 0.321 e. The van der Waals surface area contributed by atoms with Crippen LogP contribution in [0.25, 0.3) is 0 Å². The minimum Gasteiger partial charge on any atom is -0.489 e. The Labute approximate surface area is 202 Å². The van der Waals surface area contributed by atoms with Gasteiger partial charge in [0.2, 0.25) is 0 Å². The number of hydrogen-bond acceptors (Lipinski definition) is 4. The fourth-order valence-electron chi connectivity index (χ4n) is 4.25. The summed E-state index contributed by atoms with van der Waals surface area (Å²) in [6.07, 6.45) is 3.44. The minimum absolute atomic E-state index is 0.122. The van der Waals surface area contributed by atoms with Crippen LogP contribution in [0, 0.1) is 11.7 Å². The largest absolute Gasteiger partial charge is 0.489 e. The lowest BCUT2D eigenvalue weighted by Gasteiger charge is -2.36. The van der Waals surface area contributed by atoms with Gasteiger partial charge in [-0.25, -0.2) is 9.18 Å². The number of anilines is 1. The molecule has 0 radical (unpaired) electrons. The minimum atomic E-state index is -0.556. The van der Waals surface area contributed by atoms with Crippen molar-refractivity contribution in [3.05, 3.63) is 59.4 Å². The Kier molecular flexibility index (Phi) is 9.30. The van der Waals surface area contributed by atoms with Crippen LogP contribution in [0.15, 0.2) is 42.5 Å². The molecule has 1 fully saturated rings. The maximum atomic E-state index is 14.4. The standard InChI is InChI=1S/C27H37FN2O4/c1-5-20(6-2)18-29-26(31)30(3)24-9-7-21(8-10-24)19-34-25-16-22(15-23(28)17-25)27(32-4)11-13-33-14-12-27/h7-10,15-17,20H,5-6,11-14,18-19H2,1-4H3,(H,29,31). The van der Waals surface area contributed by atoms with E-state index in [0.717, 1.165) is 29.7 Å². The van der Waals surface area contributed by atoms with Crippen molar-refractivity contribution in [2.75, 3.05) is 38.8 Å². The van der Waals surface area contributed by atoms with Crippen LogP contribution in [0.4, 0.5) is 14.9 Å². The molecule has 0 saturated carbocycles. The lowest BCUT2D eigenvalue weighted by atomic mass is 9.86. The molecule has 1 heterocycles. The van der Waals surface area contributed by atoms with Gasteiger partial charge in [-0.05, 0) is 41.3 Å². The Balaban J connectivity index is 1.61. The summed E-state index contributed by atoms with van der Waals surface area (Å²) in [5.74, 6) is 0.595. The van der Waals surface area contributed by atoms with Crippen LogP contribution in [-0.4, -0.2) is 39.9 Å². The monoisotopic (exact) mass is 472 g/mol. The Bertz CT molecular complexity index is 925. The maximum absolute atomic E-state index is 14.4. The first-order valence-electron chi connectivity index (χ1n) is 12.1. The second kappa shape index (κ2) is 12.2. The molecule has 7 heteroatoms. The normalized spacial score (nSPS) is 15.2. The predicted molar refractivity (Wildman–Crippen MR) is 132 cm³/mol. The molecule has 1 aliphatic rings. The number of hydrogen-bond donors (Lipinski definition) is 1. The van der Waals surface area contributed by atoms with Crippen molar-refractivity contribution in [1.82, 2.24) is 5.32 Å². The van der Waals surface area contributed by atoms with Gasteiger partial charge < -0.3 is 19.5 Å². The fraction of sp³-hybridized carbons (Fsp3) is 0.519. The van der Waals surface area contributed by atoms with Crippen LogP contribution in [0.3, 0.4) is 0 Å². The van der Waals surface area contributed by atoms with E-state index in [4.69, 9.17) is 14.2 Å². The van der Waals surface area contributed by atoms with Crippen molar-refractivity contribution >= 4 is 11.7 Å². The SMILES string of the molecule is CCC(CC)CNC(=O)N(C)c1ccc(COc2cc(F)cc(C3(OC)CCOCC3)c2)cc1. The third-order valence-electron chi connectivity index (χ3n) is 6.82. The molecule has 1 aliphatic heterocycles. The van der Waals surface area contributed by atoms with Crippen LogP contribution in [0.1, 0.15) is 50.7 Å². The highest BCUT2D eigenvalue weighted by molar-refractivity contribution is 5.91. The van der Waals surface area contributed by atoms with Gasteiger partial charge in [0.25, 0.3) is 0 Å². The number of rotatable bonds is 10. The summed E-state index contributed by atoms with van der Waals surface area (Å²) >= 11 is 0. The third-order valence-corrected chi connectivity index (χ3v) is 6.82. The Hall–Kier alpha value is -2.64. The van der Waals surface area contributed by atoms with Gasteiger partial charge in [-0.1, -0.05) is 38.8 Å². The molecule has 0 aromatic heterocycles. The highest BCUT2D eigenvalue weighted by Gasteiger charge is 2.35. The van der Waals surface area contributed by atoms with Gasteiger partial charge in [-0.15, -0.1) is 0 Å². The topological polar surface area (TPSA) is 60.0 Å². The molecule has 2 amide bonds. The van der Waals surface area contributed by atoms with Crippen LogP contribution in [-0.2, 0) is 21.7 Å². The van der Waals surface area contributed by atoms with Crippen molar-refractivity contribution in [3.63, 3.8) is 0 Å². The second-order valence-electron chi connectivity index (χ2n) is 8.87. The summed E-state index contributed by atoms with van der Waals surface area (Å²) < 4.78 is 31.5. The number of benzene rings is 2. The molecule has 1 N–H and O–H groups in total. The number of methoxy groups -OCH3 is 1. The van der Waals surface area contributed by atoms with Crippen molar-refractivity contribution < 1.29 is 23.4 Å². The van der Waals surface area contributed by atoms with E-state index in [-0.39, 0.29) is 18.5 Å². The average molecular weight is 473 g/mol. The third kappa shape index (κ3) is 6.48. The molecule has 2 aromatic rings. The first kappa shape index (κ1) is 26.0. The summed E-state index contributed by atoms with van der Waals surface area (Å²) in [6, 6.07) is 12.2. The number of ether oxygens (including phenoxy) is 3. The number of halogens is 1. The molecule has 0 unspecified atom stereocenters. The van der Waals surface area contributed by atoms with Crippen LogP contribution < -0.4 is 15.0 Å². The van der Waals surface area contributed by atoms with E-state index in [0.29, 0.717) is 44.3 Å². The lowest BCUT2D eigenvalue weighted by molar-refractivity contribution is -0.0950. The van der Waals surface area contributed by atoms with Crippen molar-refractivity contribution in [1.29, 1.82) is 0 Å². The summed E-state index contributed by atoms with van der Waals surface area (Å²) in [4.78, 5) is 14.1. The molecule has 1 saturated heterocycles. The highest BCUT2D eigenvalue weighted by atomic mass is 19.1. The molecule has 0 aliphatic carbocycles. The van der Waals surface area contributed by atoms with Gasteiger partial charge >= 0.3 is 6.03 Å². The van der Waals surface area contributed by atoms with E-state index in [1.54, 1.807) is 19.1 Å². The van der Waals surface area contributed by atoms with Gasteiger partial charge in [-0.2, -0.15) is 0 Å². The highest BCUT2D eigenvalue weighted by Crippen LogP contribution is 2.37. The van der Waals surface area contributed by atoms with E-state index in [1.165, 1.54) is 12.1 Å². The average Bonchev–Trinajstić information content (AvgIpc) is 2.88. The van der Waals surface area contributed by atoms with Gasteiger partial charge in [-0.3, -0.25) is 4.90 Å². The number of nitrogens with one attached hydrogen (secondary N) is 1. The lowest BCUT2D eigenvalue weighted by Crippen LogP contribution is -2.39. The van der Waals surface area contributed by atoms with Gasteiger partial charge in [0.15, 0.2) is 0 Å². The zero-order chi connectivity index (χ0) is 24.6. The van der Waals surface area contributed by atoms with Crippen molar-refractivity contribution in [2.45, 2.75) is 51.7 Å². The quantitative estimate of drug-likeness (QED) is 0.486. The van der Waals surface area contributed by atoms with Crippen LogP contribution >= 0.6 is 0 Å². The number of urea groups is 1. The summed E-state index contributed by atoms with van der Waals surface area (Å²) in [5.41, 5.74) is 1.93. The smallest absolute Gasteiger partial charge is 0.321 e. The summed E-state index contributed by atoms with van der Waals surface area (Å²) in [6.45, 7) is 6.40. The predicted octanol–water partition coefficient (Wildman–Crippen LogP) is 5.64. The zero-order valence-corrected chi connectivity index (χ0v) is 20.7. The van der Waals surface area contributed by atoms with E-state index in [9.17, 15) is 9.18 Å². The number of carbonyl (C=O) groups excluding carboxylic acids is 1. The first-order valence-corrected chi connectivity index (χ1v) is 12.1. The van der Waals surface area contributed by atoms with E-state index in [1.807, 2.05) is 30.3 Å². The van der Waals surface area contributed by atoms with Crippen molar-refractivity contribution in [2.24, 2.45) is 5.92 Å². The molecule has 6 nitrogen and oxygen atoms in total. The van der Waals surface area contributed by atoms with Gasteiger partial charge in [0.05, 0.1) is 5.60 Å². The molecule has 34 heavy (non-hydrogen) atoms. The van der Waals surface area contributed by atoms with E-state index < -0.39 is 5.60 Å². The molecule has 0 bridgehead atoms. The molecular weight excluding hydrogens is 435 g/mol.